The van der Waals surface area contributed by atoms with Gasteiger partial charge in [-0.25, -0.2) is 13.4 Å². The van der Waals surface area contributed by atoms with E-state index in [1.165, 1.54) is 0 Å². The predicted octanol–water partition coefficient (Wildman–Crippen LogP) is 2.51. The summed E-state index contributed by atoms with van der Waals surface area (Å²) in [7, 11) is -3.35. The lowest BCUT2D eigenvalue weighted by molar-refractivity contribution is 0.0956. The van der Waals surface area contributed by atoms with E-state index in [1.54, 1.807) is 54.2 Å². The van der Waals surface area contributed by atoms with Crippen LogP contribution in [0.2, 0.25) is 0 Å². The molecule has 150 valence electrons. The van der Waals surface area contributed by atoms with Gasteiger partial charge in [0.1, 0.15) is 5.65 Å². The molecule has 1 amide bonds. The molecule has 1 aliphatic heterocycles. The van der Waals surface area contributed by atoms with Crippen LogP contribution in [-0.4, -0.2) is 48.7 Å². The monoisotopic (exact) mass is 403 g/mol. The topological polar surface area (TPSA) is 89.8 Å². The van der Waals surface area contributed by atoms with Crippen LogP contribution in [0.25, 0.3) is 5.65 Å². The Bertz CT molecular complexity index is 1020. The molecule has 0 bridgehead atoms. The van der Waals surface area contributed by atoms with Crippen molar-refractivity contribution in [1.29, 1.82) is 0 Å². The van der Waals surface area contributed by atoms with Crippen molar-refractivity contribution in [3.8, 4) is 0 Å². The van der Waals surface area contributed by atoms with Gasteiger partial charge in [0.15, 0.2) is 9.84 Å². The molecule has 0 radical (unpaired) electrons. The highest BCUT2D eigenvalue weighted by Crippen LogP contribution is 2.21. The third-order valence-electron chi connectivity index (χ3n) is 4.79. The molecule has 0 aliphatic carbocycles. The number of carbonyl (C=O) groups excluding carboxylic acids is 1. The fourth-order valence-corrected chi connectivity index (χ4v) is 4.54. The first kappa shape index (κ1) is 20.3. The summed E-state index contributed by atoms with van der Waals surface area (Å²) in [5.41, 5.74) is 2.16. The van der Waals surface area contributed by atoms with Gasteiger partial charge in [-0.15, -0.1) is 0 Å². The average Bonchev–Trinajstić information content (AvgIpc) is 3.18. The number of aromatic nitrogens is 2. The Morgan fingerprint density at radius 2 is 2.18 bits per heavy atom. The van der Waals surface area contributed by atoms with Crippen molar-refractivity contribution in [3.05, 3.63) is 58.9 Å². The van der Waals surface area contributed by atoms with Gasteiger partial charge < -0.3 is 14.5 Å². The van der Waals surface area contributed by atoms with Gasteiger partial charge >= 0.3 is 0 Å². The van der Waals surface area contributed by atoms with Gasteiger partial charge in [0.25, 0.3) is 5.91 Å². The Kier molecular flexibility index (Phi) is 6.31. The van der Waals surface area contributed by atoms with Gasteiger partial charge in [-0.3, -0.25) is 4.79 Å². The maximum absolute atomic E-state index is 12.6. The van der Waals surface area contributed by atoms with Crippen LogP contribution < -0.4 is 5.32 Å². The summed E-state index contributed by atoms with van der Waals surface area (Å²) >= 11 is 0. The zero-order valence-corrected chi connectivity index (χ0v) is 16.9. The summed E-state index contributed by atoms with van der Waals surface area (Å²) in [6.45, 7) is 4.66. The van der Waals surface area contributed by atoms with Crippen molar-refractivity contribution >= 4 is 21.4 Å². The maximum atomic E-state index is 12.6. The Hall–Kier alpha value is -2.45. The minimum absolute atomic E-state index is 0.198. The predicted molar refractivity (Wildman–Crippen MR) is 108 cm³/mol. The van der Waals surface area contributed by atoms with Crippen molar-refractivity contribution in [3.63, 3.8) is 0 Å². The molecule has 7 nitrogen and oxygen atoms in total. The quantitative estimate of drug-likeness (QED) is 0.749. The van der Waals surface area contributed by atoms with Crippen LogP contribution in [-0.2, 0) is 14.6 Å². The number of hydrogen-bond donors (Lipinski definition) is 1. The maximum Gasteiger partial charge on any atom is 0.253 e. The molecule has 1 fully saturated rings. The fraction of sp³-hybridized carbons (Fsp3) is 0.400. The highest BCUT2D eigenvalue weighted by Gasteiger charge is 2.29. The second-order valence-electron chi connectivity index (χ2n) is 6.97. The second-order valence-corrected chi connectivity index (χ2v) is 9.37. The van der Waals surface area contributed by atoms with Crippen molar-refractivity contribution in [2.24, 2.45) is 0 Å². The van der Waals surface area contributed by atoms with Gasteiger partial charge in [-0.05, 0) is 44.9 Å². The zero-order valence-electron chi connectivity index (χ0n) is 16.1. The Morgan fingerprint density at radius 1 is 1.36 bits per heavy atom. The lowest BCUT2D eigenvalue weighted by Crippen LogP contribution is -2.31. The second kappa shape index (κ2) is 8.70. The molecule has 8 heteroatoms. The number of carbonyl (C=O) groups is 1. The zero-order chi connectivity index (χ0) is 20.1. The van der Waals surface area contributed by atoms with Crippen molar-refractivity contribution in [1.82, 2.24) is 14.7 Å². The van der Waals surface area contributed by atoms with Crippen LogP contribution in [0.1, 0.15) is 37.0 Å². The Balaban J connectivity index is 1.60. The van der Waals surface area contributed by atoms with Crippen LogP contribution in [0.3, 0.4) is 0 Å². The van der Waals surface area contributed by atoms with Crippen LogP contribution in [0.4, 0.5) is 0 Å². The van der Waals surface area contributed by atoms with E-state index in [0.29, 0.717) is 30.0 Å². The smallest absolute Gasteiger partial charge is 0.253 e. The summed E-state index contributed by atoms with van der Waals surface area (Å²) in [6.07, 6.45) is 9.91. The van der Waals surface area contributed by atoms with Crippen molar-refractivity contribution < 1.29 is 17.9 Å². The molecule has 1 unspecified atom stereocenters. The molecule has 0 spiro atoms. The number of allylic oxidation sites excluding steroid dienone is 3. The Morgan fingerprint density at radius 3 is 2.93 bits per heavy atom. The van der Waals surface area contributed by atoms with Crippen LogP contribution in [0.5, 0.6) is 0 Å². The van der Waals surface area contributed by atoms with Crippen molar-refractivity contribution in [2.75, 3.05) is 19.8 Å². The number of nitrogens with one attached hydrogen (secondary N) is 1. The first-order valence-corrected chi connectivity index (χ1v) is 10.8. The summed E-state index contributed by atoms with van der Waals surface area (Å²) in [6, 6.07) is 3.50. The highest BCUT2D eigenvalue weighted by atomic mass is 32.2. The van der Waals surface area contributed by atoms with Crippen LogP contribution in [0.15, 0.2) is 53.4 Å². The molecule has 2 aromatic rings. The van der Waals surface area contributed by atoms with E-state index in [9.17, 15) is 13.2 Å². The molecule has 1 atom stereocenters. The molecule has 1 aliphatic rings. The van der Waals surface area contributed by atoms with Gasteiger partial charge in [0, 0.05) is 36.6 Å². The van der Waals surface area contributed by atoms with Gasteiger partial charge in [0.05, 0.1) is 17.4 Å². The number of fused-ring (bicyclic) bond motifs is 1. The van der Waals surface area contributed by atoms with Gasteiger partial charge in [-0.1, -0.05) is 11.6 Å². The van der Waals surface area contributed by atoms with E-state index in [4.69, 9.17) is 4.74 Å². The molecule has 1 saturated heterocycles. The molecule has 3 rings (SSSR count). The molecule has 2 aromatic heterocycles. The molecular formula is C20H25N3O4S. The van der Waals surface area contributed by atoms with E-state index in [1.807, 2.05) is 6.92 Å². The lowest BCUT2D eigenvalue weighted by atomic mass is 10.2. The number of amides is 1. The van der Waals surface area contributed by atoms with Crippen molar-refractivity contribution in [2.45, 2.75) is 31.9 Å². The number of pyridine rings is 1. The first-order chi connectivity index (χ1) is 13.4. The SMILES string of the molecule is CC(=CC=C(C)S(=O)(=O)C1CCCOC1)CNC(=O)c1ccc2nccn2c1. The summed E-state index contributed by atoms with van der Waals surface area (Å²) in [5.74, 6) is -0.198. The summed E-state index contributed by atoms with van der Waals surface area (Å²) < 4.78 is 32.2. The van der Waals surface area contributed by atoms with E-state index in [-0.39, 0.29) is 12.5 Å². The third-order valence-corrected chi connectivity index (χ3v) is 7.07. The van der Waals surface area contributed by atoms with Gasteiger partial charge in [-0.2, -0.15) is 0 Å². The van der Waals surface area contributed by atoms with E-state index < -0.39 is 15.1 Å². The van der Waals surface area contributed by atoms with E-state index >= 15 is 0 Å². The largest absolute Gasteiger partial charge is 0.380 e. The molecular weight excluding hydrogens is 378 g/mol. The molecule has 3 heterocycles. The summed E-state index contributed by atoms with van der Waals surface area (Å²) in [4.78, 5) is 16.8. The third kappa shape index (κ3) is 4.69. The molecule has 0 aromatic carbocycles. The minimum atomic E-state index is -3.35. The van der Waals surface area contributed by atoms with Gasteiger partial charge in [0.2, 0.25) is 0 Å². The highest BCUT2D eigenvalue weighted by molar-refractivity contribution is 7.95. The normalized spacial score (nSPS) is 19.0. The fourth-order valence-electron chi connectivity index (χ4n) is 3.01. The van der Waals surface area contributed by atoms with Crippen LogP contribution >= 0.6 is 0 Å². The number of hydrogen-bond acceptors (Lipinski definition) is 5. The molecule has 1 N–H and O–H groups in total. The average molecular weight is 404 g/mol. The number of imidazole rings is 1. The van der Waals surface area contributed by atoms with E-state index in [0.717, 1.165) is 17.6 Å². The Labute approximate surface area is 165 Å². The summed E-state index contributed by atoms with van der Waals surface area (Å²) in [5, 5.41) is 2.37. The minimum Gasteiger partial charge on any atom is -0.380 e. The molecule has 28 heavy (non-hydrogen) atoms. The first-order valence-electron chi connectivity index (χ1n) is 9.24. The number of nitrogens with zero attached hydrogens (tertiary/aromatic N) is 2. The lowest BCUT2D eigenvalue weighted by Gasteiger charge is -2.22. The number of rotatable bonds is 6. The molecule has 0 saturated carbocycles. The number of sulfone groups is 1. The van der Waals surface area contributed by atoms with Crippen LogP contribution in [0, 0.1) is 0 Å². The van der Waals surface area contributed by atoms with E-state index in [2.05, 4.69) is 10.3 Å². The standard InChI is InChI=1S/C20H25N3O4S/c1-15(5-6-16(2)28(25,26)18-4-3-11-27-14-18)12-22-20(24)17-7-8-19-21-9-10-23(19)13-17/h5-10,13,18H,3-4,11-12,14H2,1-2H3,(H,22,24). The number of ether oxygens (including phenoxy) is 1.